The minimum Gasteiger partial charge on any atom is -0.457 e. The molecular weight excluding hydrogens is 374 g/mol. The van der Waals surface area contributed by atoms with Gasteiger partial charge in [-0.25, -0.2) is 0 Å². The highest BCUT2D eigenvalue weighted by molar-refractivity contribution is 5.99. The molecule has 1 fully saturated rings. The first-order valence-electron chi connectivity index (χ1n) is 10.1. The minimum atomic E-state index is -0.526. The van der Waals surface area contributed by atoms with Gasteiger partial charge in [0.05, 0.1) is 5.41 Å². The number of rotatable bonds is 3. The molecule has 0 saturated carbocycles. The van der Waals surface area contributed by atoms with Gasteiger partial charge in [-0.1, -0.05) is 42.5 Å². The van der Waals surface area contributed by atoms with Crippen molar-refractivity contribution in [3.05, 3.63) is 78.4 Å². The van der Waals surface area contributed by atoms with E-state index in [1.54, 1.807) is 4.90 Å². The molecule has 30 heavy (non-hydrogen) atoms. The van der Waals surface area contributed by atoms with Crippen LogP contribution in [0, 0.1) is 16.9 Å². The molecule has 2 heterocycles. The summed E-state index contributed by atoms with van der Waals surface area (Å²) >= 11 is 0. The third-order valence-corrected chi connectivity index (χ3v) is 6.03. The van der Waals surface area contributed by atoms with Gasteiger partial charge >= 0.3 is 0 Å². The zero-order valence-corrected chi connectivity index (χ0v) is 16.5. The second kappa shape index (κ2) is 7.23. The third kappa shape index (κ3) is 3.17. The van der Waals surface area contributed by atoms with E-state index in [-0.39, 0.29) is 5.91 Å². The number of nitrogens with one attached hydrogen (secondary N) is 1. The number of para-hydroxylation sites is 2. The van der Waals surface area contributed by atoms with E-state index >= 15 is 0 Å². The van der Waals surface area contributed by atoms with Gasteiger partial charge in [0, 0.05) is 24.3 Å². The first kappa shape index (κ1) is 18.3. The minimum absolute atomic E-state index is 0.0216. The summed E-state index contributed by atoms with van der Waals surface area (Å²) in [5.74, 6) is 1.60. The topological polar surface area (TPSA) is 65.4 Å². The van der Waals surface area contributed by atoms with Gasteiger partial charge < -0.3 is 15.0 Å². The molecule has 0 aliphatic carbocycles. The van der Waals surface area contributed by atoms with Crippen molar-refractivity contribution in [2.75, 3.05) is 18.4 Å². The molecule has 3 aromatic rings. The van der Waals surface area contributed by atoms with Gasteiger partial charge in [-0.15, -0.1) is 0 Å². The zero-order valence-electron chi connectivity index (χ0n) is 16.5. The Balaban J connectivity index is 1.49. The largest absolute Gasteiger partial charge is 0.457 e. The smallest absolute Gasteiger partial charge is 0.232 e. The van der Waals surface area contributed by atoms with Crippen molar-refractivity contribution in [2.24, 2.45) is 5.41 Å². The molecule has 5 rings (SSSR count). The maximum absolute atomic E-state index is 12.8. The SMILES string of the molecule is N#CN1CCC2(Cc3cc(-c4ccccc4Oc4ccccc4)ccc3NC2=O)C1. The summed E-state index contributed by atoms with van der Waals surface area (Å²) in [4.78, 5) is 14.5. The monoisotopic (exact) mass is 395 g/mol. The number of hydrogen-bond donors (Lipinski definition) is 1. The van der Waals surface area contributed by atoms with Gasteiger partial charge in [-0.2, -0.15) is 5.26 Å². The van der Waals surface area contributed by atoms with Gasteiger partial charge in [-0.3, -0.25) is 4.79 Å². The van der Waals surface area contributed by atoms with E-state index in [0.717, 1.165) is 33.9 Å². The lowest BCUT2D eigenvalue weighted by atomic mass is 9.76. The van der Waals surface area contributed by atoms with Gasteiger partial charge in [0.25, 0.3) is 0 Å². The molecule has 0 bridgehead atoms. The first-order chi connectivity index (χ1) is 14.7. The maximum Gasteiger partial charge on any atom is 0.232 e. The van der Waals surface area contributed by atoms with Crippen LogP contribution in [0.25, 0.3) is 11.1 Å². The van der Waals surface area contributed by atoms with Crippen LogP contribution in [0.4, 0.5) is 5.69 Å². The van der Waals surface area contributed by atoms with Crippen molar-refractivity contribution in [3.8, 4) is 28.8 Å². The Morgan fingerprint density at radius 2 is 1.83 bits per heavy atom. The van der Waals surface area contributed by atoms with Crippen molar-refractivity contribution in [1.29, 1.82) is 5.26 Å². The van der Waals surface area contributed by atoms with Crippen LogP contribution >= 0.6 is 0 Å². The van der Waals surface area contributed by atoms with Crippen LogP contribution in [0.2, 0.25) is 0 Å². The van der Waals surface area contributed by atoms with E-state index in [9.17, 15) is 10.1 Å². The van der Waals surface area contributed by atoms with E-state index in [0.29, 0.717) is 25.9 Å². The fourth-order valence-electron chi connectivity index (χ4n) is 4.43. The highest BCUT2D eigenvalue weighted by atomic mass is 16.5. The van der Waals surface area contributed by atoms with Gasteiger partial charge in [0.15, 0.2) is 6.19 Å². The van der Waals surface area contributed by atoms with Gasteiger partial charge in [0.2, 0.25) is 5.91 Å². The Bertz CT molecular complexity index is 1150. The number of carbonyl (C=O) groups is 1. The third-order valence-electron chi connectivity index (χ3n) is 6.03. The summed E-state index contributed by atoms with van der Waals surface area (Å²) in [7, 11) is 0. The molecule has 1 unspecified atom stereocenters. The zero-order chi connectivity index (χ0) is 20.6. The van der Waals surface area contributed by atoms with Crippen LogP contribution in [0.1, 0.15) is 12.0 Å². The van der Waals surface area contributed by atoms with Crippen molar-refractivity contribution >= 4 is 11.6 Å². The fraction of sp³-hybridized carbons (Fsp3) is 0.200. The Hall–Kier alpha value is -3.78. The number of benzene rings is 3. The van der Waals surface area contributed by atoms with Crippen molar-refractivity contribution in [1.82, 2.24) is 4.90 Å². The van der Waals surface area contributed by atoms with E-state index < -0.39 is 5.41 Å². The van der Waals surface area contributed by atoms with Crippen molar-refractivity contribution in [3.63, 3.8) is 0 Å². The lowest BCUT2D eigenvalue weighted by Crippen LogP contribution is -2.43. The van der Waals surface area contributed by atoms with Gasteiger partial charge in [-0.05, 0) is 54.3 Å². The Kier molecular flexibility index (Phi) is 4.40. The summed E-state index contributed by atoms with van der Waals surface area (Å²) in [6, 6.07) is 23.8. The van der Waals surface area contributed by atoms with Crippen molar-refractivity contribution in [2.45, 2.75) is 12.8 Å². The van der Waals surface area contributed by atoms with Crippen LogP contribution < -0.4 is 10.1 Å². The van der Waals surface area contributed by atoms with E-state index in [1.165, 1.54) is 0 Å². The lowest BCUT2D eigenvalue weighted by molar-refractivity contribution is -0.125. The quantitative estimate of drug-likeness (QED) is 0.646. The molecule has 0 radical (unpaired) electrons. The fourth-order valence-corrected chi connectivity index (χ4v) is 4.43. The van der Waals surface area contributed by atoms with Crippen molar-refractivity contribution < 1.29 is 9.53 Å². The summed E-state index contributed by atoms with van der Waals surface area (Å²) in [5.41, 5.74) is 3.47. The number of ether oxygens (including phenoxy) is 1. The summed E-state index contributed by atoms with van der Waals surface area (Å²) in [5, 5.41) is 12.3. The average molecular weight is 395 g/mol. The summed E-state index contributed by atoms with van der Waals surface area (Å²) in [6.45, 7) is 1.11. The second-order valence-corrected chi connectivity index (χ2v) is 7.97. The Morgan fingerprint density at radius 1 is 1.03 bits per heavy atom. The number of carbonyl (C=O) groups excluding carboxylic acids is 1. The number of nitriles is 1. The van der Waals surface area contributed by atoms with E-state index in [1.807, 2.05) is 66.7 Å². The summed E-state index contributed by atoms with van der Waals surface area (Å²) < 4.78 is 6.13. The second-order valence-electron chi connectivity index (χ2n) is 7.97. The number of likely N-dealkylation sites (tertiary alicyclic amines) is 1. The van der Waals surface area contributed by atoms with Crippen LogP contribution in [-0.2, 0) is 11.2 Å². The molecule has 3 aromatic carbocycles. The molecule has 148 valence electrons. The highest BCUT2D eigenvalue weighted by Gasteiger charge is 2.47. The molecule has 1 amide bonds. The molecule has 1 atom stereocenters. The number of amides is 1. The molecule has 5 heteroatoms. The molecule has 2 aliphatic heterocycles. The molecule has 1 spiro atoms. The Labute approximate surface area is 175 Å². The van der Waals surface area contributed by atoms with E-state index in [4.69, 9.17) is 4.74 Å². The number of fused-ring (bicyclic) bond motifs is 1. The molecule has 1 saturated heterocycles. The average Bonchev–Trinajstić information content (AvgIpc) is 3.19. The predicted molar refractivity (Wildman–Crippen MR) is 115 cm³/mol. The molecular formula is C25H21N3O2. The standard InChI is InChI=1S/C25H21N3O2/c26-17-28-13-12-25(16-28)15-19-14-18(10-11-22(19)27-24(25)29)21-8-4-5-9-23(21)30-20-6-2-1-3-7-20/h1-11,14H,12-13,15-16H2,(H,27,29). The van der Waals surface area contributed by atoms with Gasteiger partial charge in [0.1, 0.15) is 11.5 Å². The van der Waals surface area contributed by atoms with Crippen LogP contribution in [0.15, 0.2) is 72.8 Å². The molecule has 5 nitrogen and oxygen atoms in total. The first-order valence-corrected chi connectivity index (χ1v) is 10.1. The predicted octanol–water partition coefficient (Wildman–Crippen LogP) is 4.81. The van der Waals surface area contributed by atoms with Crippen LogP contribution in [0.3, 0.4) is 0 Å². The Morgan fingerprint density at radius 3 is 2.63 bits per heavy atom. The molecule has 0 aromatic heterocycles. The molecule has 2 aliphatic rings. The molecule has 1 N–H and O–H groups in total. The normalized spacial score (nSPS) is 19.8. The highest BCUT2D eigenvalue weighted by Crippen LogP contribution is 2.42. The number of hydrogen-bond acceptors (Lipinski definition) is 4. The lowest BCUT2D eigenvalue weighted by Gasteiger charge is -2.33. The number of nitrogens with zero attached hydrogens (tertiary/aromatic N) is 2. The maximum atomic E-state index is 12.8. The van der Waals surface area contributed by atoms with Crippen LogP contribution in [0.5, 0.6) is 11.5 Å². The number of anilines is 1. The summed E-state index contributed by atoms with van der Waals surface area (Å²) in [6.07, 6.45) is 3.52. The van der Waals surface area contributed by atoms with E-state index in [2.05, 4.69) is 17.6 Å². The van der Waals surface area contributed by atoms with Crippen LogP contribution in [-0.4, -0.2) is 23.9 Å².